The second-order valence-electron chi connectivity index (χ2n) is 7.74. The predicted molar refractivity (Wildman–Crippen MR) is 120 cm³/mol. The highest BCUT2D eigenvalue weighted by Gasteiger charge is 2.28. The van der Waals surface area contributed by atoms with Gasteiger partial charge in [-0.15, -0.1) is 0 Å². The van der Waals surface area contributed by atoms with Crippen molar-refractivity contribution in [3.05, 3.63) is 69.9 Å². The Hall–Kier alpha value is -3.12. The molecule has 0 radical (unpaired) electrons. The zero-order valence-electron chi connectivity index (χ0n) is 18.5. The van der Waals surface area contributed by atoms with Crippen molar-refractivity contribution in [2.45, 2.75) is 34.2 Å². The Morgan fingerprint density at radius 2 is 1.87 bits per heavy atom. The van der Waals surface area contributed by atoms with Gasteiger partial charge in [0.05, 0.1) is 12.3 Å². The van der Waals surface area contributed by atoms with Crippen LogP contribution < -0.4 is 0 Å². The lowest BCUT2D eigenvalue weighted by Gasteiger charge is -2.13. The number of aliphatic hydroxyl groups is 1. The van der Waals surface area contributed by atoms with E-state index in [1.54, 1.807) is 13.8 Å². The first-order valence-corrected chi connectivity index (χ1v) is 10.0. The Bertz CT molecular complexity index is 1050. The number of ether oxygens (including phenoxy) is 1. The Balaban J connectivity index is 1.96. The minimum absolute atomic E-state index is 0.133. The predicted octanol–water partition coefficient (Wildman–Crippen LogP) is 4.35. The molecule has 0 saturated heterocycles. The van der Waals surface area contributed by atoms with Crippen LogP contribution in [0.1, 0.15) is 36.4 Å². The molecule has 0 fully saturated rings. The topological polar surface area (TPSA) is 67.1 Å². The molecule has 0 saturated carbocycles. The second-order valence-corrected chi connectivity index (χ2v) is 7.74. The van der Waals surface area contributed by atoms with Crippen molar-refractivity contribution < 1.29 is 14.6 Å². The van der Waals surface area contributed by atoms with Gasteiger partial charge in [-0.1, -0.05) is 12.1 Å². The molecule has 6 nitrogen and oxygen atoms in total. The van der Waals surface area contributed by atoms with Gasteiger partial charge in [-0.3, -0.25) is 0 Å². The maximum atomic E-state index is 12.1. The summed E-state index contributed by atoms with van der Waals surface area (Å²) in [5, 5.41) is 10.5. The summed E-state index contributed by atoms with van der Waals surface area (Å²) in [7, 11) is 4.11. The Labute approximate surface area is 177 Å². The molecule has 1 aromatic carbocycles. The zero-order valence-corrected chi connectivity index (χ0v) is 18.5. The van der Waals surface area contributed by atoms with Crippen molar-refractivity contribution in [2.24, 2.45) is 4.99 Å². The normalized spacial score (nSPS) is 15.3. The molecular formula is C24H29N3O3. The van der Waals surface area contributed by atoms with Gasteiger partial charge in [-0.25, -0.2) is 9.79 Å². The third-order valence-electron chi connectivity index (χ3n) is 5.06. The van der Waals surface area contributed by atoms with Crippen LogP contribution in [0.2, 0.25) is 0 Å². The summed E-state index contributed by atoms with van der Waals surface area (Å²) in [6.07, 6.45) is 1.81. The Kier molecular flexibility index (Phi) is 6.27. The standard InChI is InChI=1S/C24H29N3O3/c1-7-30-24(29)22-16(3)25-21(23(22)28)13-19-12-15(2)27(17(19)4)20-10-8-18(9-11-20)14-26(5)6/h8-13,28H,7,14H2,1-6H3/b21-13+. The molecule has 2 heterocycles. The number of benzene rings is 1. The number of aryl methyl sites for hydroxylation is 1. The number of hydrogen-bond acceptors (Lipinski definition) is 5. The molecule has 30 heavy (non-hydrogen) atoms. The number of carbonyl (C=O) groups excluding carboxylic acids is 1. The highest BCUT2D eigenvalue weighted by molar-refractivity contribution is 6.22. The van der Waals surface area contributed by atoms with Crippen molar-refractivity contribution in [3.63, 3.8) is 0 Å². The van der Waals surface area contributed by atoms with Gasteiger partial charge in [0.25, 0.3) is 0 Å². The van der Waals surface area contributed by atoms with Gasteiger partial charge in [0, 0.05) is 23.6 Å². The van der Waals surface area contributed by atoms with E-state index in [0.717, 1.165) is 29.2 Å². The molecule has 1 N–H and O–H groups in total. The summed E-state index contributed by atoms with van der Waals surface area (Å²) in [5.41, 5.74) is 6.35. The Morgan fingerprint density at radius 3 is 2.47 bits per heavy atom. The zero-order chi connectivity index (χ0) is 22.0. The average molecular weight is 408 g/mol. The first kappa shape index (κ1) is 21.6. The van der Waals surface area contributed by atoms with E-state index in [1.807, 2.05) is 19.9 Å². The van der Waals surface area contributed by atoms with E-state index in [9.17, 15) is 9.90 Å². The molecule has 3 rings (SSSR count). The summed E-state index contributed by atoms with van der Waals surface area (Å²) in [4.78, 5) is 18.6. The number of aliphatic hydroxyl groups excluding tert-OH is 1. The van der Waals surface area contributed by atoms with Crippen molar-refractivity contribution >= 4 is 17.8 Å². The van der Waals surface area contributed by atoms with Crippen LogP contribution in [0.4, 0.5) is 0 Å². The van der Waals surface area contributed by atoms with Crippen molar-refractivity contribution in [1.29, 1.82) is 0 Å². The molecule has 0 atom stereocenters. The van der Waals surface area contributed by atoms with E-state index >= 15 is 0 Å². The quantitative estimate of drug-likeness (QED) is 0.723. The lowest BCUT2D eigenvalue weighted by Crippen LogP contribution is -2.13. The smallest absolute Gasteiger partial charge is 0.343 e. The minimum atomic E-state index is -0.553. The molecule has 0 bridgehead atoms. The summed E-state index contributed by atoms with van der Waals surface area (Å²) in [5.74, 6) is -0.688. The summed E-state index contributed by atoms with van der Waals surface area (Å²) >= 11 is 0. The largest absolute Gasteiger partial charge is 0.505 e. The van der Waals surface area contributed by atoms with Crippen molar-refractivity contribution in [2.75, 3.05) is 20.7 Å². The van der Waals surface area contributed by atoms with E-state index in [0.29, 0.717) is 11.4 Å². The molecule has 1 aliphatic rings. The minimum Gasteiger partial charge on any atom is -0.505 e. The number of aromatic nitrogens is 1. The monoisotopic (exact) mass is 407 g/mol. The van der Waals surface area contributed by atoms with Crippen LogP contribution in [0.15, 0.2) is 52.4 Å². The van der Waals surface area contributed by atoms with Crippen LogP contribution >= 0.6 is 0 Å². The third-order valence-corrected chi connectivity index (χ3v) is 5.06. The third kappa shape index (κ3) is 4.24. The van der Waals surface area contributed by atoms with Crippen molar-refractivity contribution in [3.8, 4) is 5.69 Å². The van der Waals surface area contributed by atoms with Crippen molar-refractivity contribution in [1.82, 2.24) is 9.47 Å². The van der Waals surface area contributed by atoms with Crippen LogP contribution in [-0.2, 0) is 16.1 Å². The molecule has 0 aliphatic carbocycles. The molecule has 0 amide bonds. The number of carbonyl (C=O) groups is 1. The maximum Gasteiger partial charge on any atom is 0.343 e. The molecule has 1 aliphatic heterocycles. The van der Waals surface area contributed by atoms with E-state index in [4.69, 9.17) is 4.74 Å². The lowest BCUT2D eigenvalue weighted by atomic mass is 10.1. The highest BCUT2D eigenvalue weighted by atomic mass is 16.5. The lowest BCUT2D eigenvalue weighted by molar-refractivity contribution is -0.138. The molecule has 0 unspecified atom stereocenters. The molecule has 0 spiro atoms. The number of aliphatic imine (C=N–C) groups is 1. The number of hydrogen-bond donors (Lipinski definition) is 1. The first-order valence-electron chi connectivity index (χ1n) is 10.0. The summed E-state index contributed by atoms with van der Waals surface area (Å²) in [6, 6.07) is 10.6. The first-order chi connectivity index (χ1) is 14.2. The molecule has 2 aromatic rings. The average Bonchev–Trinajstić information content (AvgIpc) is 3.11. The van der Waals surface area contributed by atoms with Crippen LogP contribution in [0.3, 0.4) is 0 Å². The van der Waals surface area contributed by atoms with E-state index in [1.165, 1.54) is 5.56 Å². The van der Waals surface area contributed by atoms with Gasteiger partial charge >= 0.3 is 5.97 Å². The van der Waals surface area contributed by atoms with Crippen LogP contribution in [0, 0.1) is 13.8 Å². The second kappa shape index (κ2) is 8.71. The van der Waals surface area contributed by atoms with E-state index in [2.05, 4.69) is 58.9 Å². The van der Waals surface area contributed by atoms with Crippen LogP contribution in [0.5, 0.6) is 0 Å². The molecule has 6 heteroatoms. The van der Waals surface area contributed by atoms with Gasteiger partial charge in [0.15, 0.2) is 5.76 Å². The van der Waals surface area contributed by atoms with Gasteiger partial charge in [-0.05, 0) is 77.2 Å². The van der Waals surface area contributed by atoms with E-state index < -0.39 is 5.97 Å². The highest BCUT2D eigenvalue weighted by Crippen LogP contribution is 2.29. The van der Waals surface area contributed by atoms with Crippen LogP contribution in [0.25, 0.3) is 11.8 Å². The number of rotatable bonds is 6. The fourth-order valence-electron chi connectivity index (χ4n) is 3.73. The SMILES string of the molecule is CCOC(=O)C1=C(O)/C(=C\c2cc(C)n(-c3ccc(CN(C)C)cc3)c2C)N=C1C. The molecular weight excluding hydrogens is 378 g/mol. The van der Waals surface area contributed by atoms with Gasteiger partial charge < -0.3 is 19.3 Å². The fourth-order valence-corrected chi connectivity index (χ4v) is 3.73. The number of nitrogens with zero attached hydrogens (tertiary/aromatic N) is 3. The van der Waals surface area contributed by atoms with E-state index in [-0.39, 0.29) is 17.9 Å². The molecule has 158 valence electrons. The fraction of sp³-hybridized carbons (Fsp3) is 0.333. The van der Waals surface area contributed by atoms with Crippen LogP contribution in [-0.4, -0.2) is 47.0 Å². The Morgan fingerprint density at radius 1 is 1.20 bits per heavy atom. The number of esters is 1. The summed E-state index contributed by atoms with van der Waals surface area (Å²) < 4.78 is 7.20. The van der Waals surface area contributed by atoms with Gasteiger partial charge in [0.2, 0.25) is 0 Å². The van der Waals surface area contributed by atoms with Gasteiger partial charge in [-0.2, -0.15) is 0 Å². The summed E-state index contributed by atoms with van der Waals surface area (Å²) in [6.45, 7) is 8.65. The molecule has 1 aromatic heterocycles. The van der Waals surface area contributed by atoms with Gasteiger partial charge in [0.1, 0.15) is 11.3 Å². The maximum absolute atomic E-state index is 12.1.